The predicted octanol–water partition coefficient (Wildman–Crippen LogP) is 4.78. The average molecular weight is 371 g/mol. The second kappa shape index (κ2) is 18.7. The number of carbonyl (C=O) groups is 2. The third-order valence-corrected chi connectivity index (χ3v) is 4.84. The first-order valence-corrected chi connectivity index (χ1v) is 10.8. The van der Waals surface area contributed by atoms with E-state index in [0.717, 1.165) is 25.7 Å². The molecule has 0 rings (SSSR count). The highest BCUT2D eigenvalue weighted by atomic mass is 16.4. The van der Waals surface area contributed by atoms with Gasteiger partial charge in [0.2, 0.25) is 5.91 Å². The van der Waals surface area contributed by atoms with Gasteiger partial charge in [-0.05, 0) is 32.2 Å². The molecule has 0 aromatic heterocycles. The fourth-order valence-electron chi connectivity index (χ4n) is 3.14. The molecule has 0 aliphatic carbocycles. The number of amides is 1. The molecule has 5 nitrogen and oxygen atoms in total. The van der Waals surface area contributed by atoms with Gasteiger partial charge < -0.3 is 16.2 Å². The summed E-state index contributed by atoms with van der Waals surface area (Å²) in [7, 11) is 0. The van der Waals surface area contributed by atoms with Crippen molar-refractivity contribution in [2.45, 2.75) is 116 Å². The fourth-order valence-corrected chi connectivity index (χ4v) is 3.14. The minimum atomic E-state index is -0.954. The van der Waals surface area contributed by atoms with Crippen LogP contribution in [-0.2, 0) is 9.59 Å². The van der Waals surface area contributed by atoms with Crippen LogP contribution in [0.1, 0.15) is 110 Å². The van der Waals surface area contributed by atoms with E-state index in [0.29, 0.717) is 19.4 Å². The molecule has 0 radical (unpaired) electrons. The molecule has 0 saturated heterocycles. The first kappa shape index (κ1) is 24.9. The largest absolute Gasteiger partial charge is 0.480 e. The van der Waals surface area contributed by atoms with Crippen molar-refractivity contribution < 1.29 is 14.7 Å². The van der Waals surface area contributed by atoms with E-state index < -0.39 is 12.0 Å². The lowest BCUT2D eigenvalue weighted by Crippen LogP contribution is -2.40. The van der Waals surface area contributed by atoms with Crippen LogP contribution >= 0.6 is 0 Å². The summed E-state index contributed by atoms with van der Waals surface area (Å²) >= 11 is 0. The average Bonchev–Trinajstić information content (AvgIpc) is 2.61. The standard InChI is InChI=1S/C21H42N2O3/c1-2-3-4-5-6-7-8-9-10-11-12-13-17-20(24)23-19(21(25)26)16-14-15-18-22/h19H,2-18,22H2,1H3,(H,23,24)(H,25,26)/t19-/m0/s1. The third-order valence-electron chi connectivity index (χ3n) is 4.84. The molecular weight excluding hydrogens is 328 g/mol. The van der Waals surface area contributed by atoms with E-state index in [2.05, 4.69) is 12.2 Å². The molecule has 1 atom stereocenters. The molecule has 0 unspecified atom stereocenters. The van der Waals surface area contributed by atoms with Crippen LogP contribution in [-0.4, -0.2) is 29.6 Å². The van der Waals surface area contributed by atoms with E-state index in [1.165, 1.54) is 64.2 Å². The topological polar surface area (TPSA) is 92.4 Å². The summed E-state index contributed by atoms with van der Waals surface area (Å²) in [6, 6.07) is -0.772. The summed E-state index contributed by atoms with van der Waals surface area (Å²) in [5.74, 6) is -1.10. The molecule has 0 saturated carbocycles. The minimum absolute atomic E-state index is 0.141. The fraction of sp³-hybridized carbons (Fsp3) is 0.905. The van der Waals surface area contributed by atoms with Gasteiger partial charge in [0.1, 0.15) is 6.04 Å². The van der Waals surface area contributed by atoms with Crippen LogP contribution in [0.4, 0.5) is 0 Å². The first-order valence-electron chi connectivity index (χ1n) is 10.8. The van der Waals surface area contributed by atoms with Gasteiger partial charge in [-0.3, -0.25) is 4.79 Å². The Labute approximate surface area is 160 Å². The lowest BCUT2D eigenvalue weighted by Gasteiger charge is -2.14. The van der Waals surface area contributed by atoms with E-state index in [-0.39, 0.29) is 5.91 Å². The van der Waals surface area contributed by atoms with Gasteiger partial charge in [0, 0.05) is 6.42 Å². The Bertz CT molecular complexity index is 348. The number of nitrogens with one attached hydrogen (secondary N) is 1. The summed E-state index contributed by atoms with van der Waals surface area (Å²) in [5, 5.41) is 11.8. The van der Waals surface area contributed by atoms with Crippen LogP contribution in [0.15, 0.2) is 0 Å². The maximum absolute atomic E-state index is 11.9. The summed E-state index contributed by atoms with van der Waals surface area (Å²) in [5.41, 5.74) is 5.41. The van der Waals surface area contributed by atoms with Crippen molar-refractivity contribution in [1.82, 2.24) is 5.32 Å². The highest BCUT2D eigenvalue weighted by molar-refractivity contribution is 5.83. The zero-order valence-corrected chi connectivity index (χ0v) is 16.9. The normalized spacial score (nSPS) is 12.1. The smallest absolute Gasteiger partial charge is 0.326 e. The molecular formula is C21H42N2O3. The molecule has 0 aromatic carbocycles. The second-order valence-corrected chi connectivity index (χ2v) is 7.38. The van der Waals surface area contributed by atoms with Gasteiger partial charge in [-0.1, -0.05) is 77.6 Å². The van der Waals surface area contributed by atoms with Gasteiger partial charge in [-0.2, -0.15) is 0 Å². The monoisotopic (exact) mass is 370 g/mol. The Morgan fingerprint density at radius 3 is 1.77 bits per heavy atom. The van der Waals surface area contributed by atoms with Crippen LogP contribution < -0.4 is 11.1 Å². The van der Waals surface area contributed by atoms with Crippen molar-refractivity contribution in [3.63, 3.8) is 0 Å². The lowest BCUT2D eigenvalue weighted by molar-refractivity contribution is -0.142. The van der Waals surface area contributed by atoms with Crippen molar-refractivity contribution in [1.29, 1.82) is 0 Å². The number of carboxylic acids is 1. The molecule has 0 heterocycles. The predicted molar refractivity (Wildman–Crippen MR) is 108 cm³/mol. The number of aliphatic carboxylic acids is 1. The van der Waals surface area contributed by atoms with Crippen molar-refractivity contribution in [2.75, 3.05) is 6.54 Å². The van der Waals surface area contributed by atoms with Crippen LogP contribution in [0.3, 0.4) is 0 Å². The van der Waals surface area contributed by atoms with E-state index >= 15 is 0 Å². The number of nitrogens with two attached hydrogens (primary N) is 1. The number of hydrogen-bond donors (Lipinski definition) is 3. The summed E-state index contributed by atoms with van der Waals surface area (Å²) < 4.78 is 0. The van der Waals surface area contributed by atoms with Crippen molar-refractivity contribution in [3.05, 3.63) is 0 Å². The maximum atomic E-state index is 11.9. The van der Waals surface area contributed by atoms with Crippen LogP contribution in [0.2, 0.25) is 0 Å². The van der Waals surface area contributed by atoms with Gasteiger partial charge in [-0.15, -0.1) is 0 Å². The third kappa shape index (κ3) is 16.4. The molecule has 154 valence electrons. The Kier molecular flexibility index (Phi) is 17.9. The zero-order chi connectivity index (χ0) is 19.5. The molecule has 0 spiro atoms. The van der Waals surface area contributed by atoms with Crippen molar-refractivity contribution >= 4 is 11.9 Å². The van der Waals surface area contributed by atoms with Gasteiger partial charge >= 0.3 is 5.97 Å². The van der Waals surface area contributed by atoms with E-state index in [9.17, 15) is 9.59 Å². The Morgan fingerprint density at radius 2 is 1.31 bits per heavy atom. The highest BCUT2D eigenvalue weighted by Gasteiger charge is 2.18. The number of unbranched alkanes of at least 4 members (excludes halogenated alkanes) is 12. The molecule has 4 N–H and O–H groups in total. The molecule has 1 amide bonds. The van der Waals surface area contributed by atoms with Gasteiger partial charge in [0.05, 0.1) is 0 Å². The Balaban J connectivity index is 3.50. The van der Waals surface area contributed by atoms with E-state index in [1.807, 2.05) is 0 Å². The van der Waals surface area contributed by atoms with Crippen molar-refractivity contribution in [2.24, 2.45) is 5.73 Å². The highest BCUT2D eigenvalue weighted by Crippen LogP contribution is 2.12. The molecule has 0 fully saturated rings. The molecule has 5 heteroatoms. The quantitative estimate of drug-likeness (QED) is 0.285. The minimum Gasteiger partial charge on any atom is -0.480 e. The van der Waals surface area contributed by atoms with E-state index in [4.69, 9.17) is 10.8 Å². The molecule has 0 aliphatic rings. The second-order valence-electron chi connectivity index (χ2n) is 7.38. The molecule has 0 aliphatic heterocycles. The van der Waals surface area contributed by atoms with Gasteiger partial charge in [0.15, 0.2) is 0 Å². The number of carboxylic acid groups (broad SMARTS) is 1. The first-order chi connectivity index (χ1) is 12.6. The number of hydrogen-bond acceptors (Lipinski definition) is 3. The number of carbonyl (C=O) groups excluding carboxylic acids is 1. The zero-order valence-electron chi connectivity index (χ0n) is 16.9. The lowest BCUT2D eigenvalue weighted by atomic mass is 10.0. The van der Waals surface area contributed by atoms with E-state index in [1.54, 1.807) is 0 Å². The number of rotatable bonds is 19. The van der Waals surface area contributed by atoms with Crippen LogP contribution in [0.25, 0.3) is 0 Å². The van der Waals surface area contributed by atoms with Gasteiger partial charge in [0.25, 0.3) is 0 Å². The van der Waals surface area contributed by atoms with Crippen molar-refractivity contribution in [3.8, 4) is 0 Å². The SMILES string of the molecule is CCCCCCCCCCCCCCC(=O)N[C@@H](CCCCN)C(=O)O. The van der Waals surface area contributed by atoms with Crippen LogP contribution in [0.5, 0.6) is 0 Å². The summed E-state index contributed by atoms with van der Waals surface area (Å²) in [4.78, 5) is 23.0. The maximum Gasteiger partial charge on any atom is 0.326 e. The van der Waals surface area contributed by atoms with Gasteiger partial charge in [-0.25, -0.2) is 4.79 Å². The summed E-state index contributed by atoms with van der Waals surface area (Å²) in [6.07, 6.45) is 17.5. The Morgan fingerprint density at radius 1 is 0.808 bits per heavy atom. The molecule has 0 aromatic rings. The Hall–Kier alpha value is -1.10. The molecule has 0 bridgehead atoms. The summed E-state index contributed by atoms with van der Waals surface area (Å²) in [6.45, 7) is 2.80. The van der Waals surface area contributed by atoms with Crippen LogP contribution in [0, 0.1) is 0 Å². The molecule has 26 heavy (non-hydrogen) atoms.